The summed E-state index contributed by atoms with van der Waals surface area (Å²) >= 11 is 0. The summed E-state index contributed by atoms with van der Waals surface area (Å²) in [5.74, 6) is 0.640. The van der Waals surface area contributed by atoms with Gasteiger partial charge in [-0.3, -0.25) is 4.79 Å². The Kier molecular flexibility index (Phi) is 9.71. The van der Waals surface area contributed by atoms with Crippen LogP contribution in [0.4, 0.5) is 0 Å². The van der Waals surface area contributed by atoms with Gasteiger partial charge in [0.1, 0.15) is 66.4 Å². The second-order valence-electron chi connectivity index (χ2n) is 10.3. The number of aliphatic hydroxyl groups is 7. The minimum absolute atomic E-state index is 0.0379. The number of benzene rings is 2. The third-order valence-electron chi connectivity index (χ3n) is 7.66. The Morgan fingerprint density at radius 1 is 0.750 bits per heavy atom. The van der Waals surface area contributed by atoms with Crippen LogP contribution in [-0.2, 0) is 14.2 Å². The van der Waals surface area contributed by atoms with E-state index in [9.17, 15) is 40.5 Å². The molecule has 2 aliphatic rings. The first-order chi connectivity index (χ1) is 21.1. The first-order valence-corrected chi connectivity index (χ1v) is 13.6. The third kappa shape index (κ3) is 5.99. The molecule has 7 N–H and O–H groups in total. The van der Waals surface area contributed by atoms with Crippen molar-refractivity contribution >= 4 is 11.0 Å². The molecule has 1 aromatic heterocycles. The van der Waals surface area contributed by atoms with Crippen LogP contribution in [0.15, 0.2) is 51.9 Å². The summed E-state index contributed by atoms with van der Waals surface area (Å²) in [6.45, 7) is -1.46. The van der Waals surface area contributed by atoms with Gasteiger partial charge in [0.25, 0.3) is 0 Å². The number of methoxy groups -OCH3 is 2. The molecule has 2 aliphatic heterocycles. The molecule has 0 saturated carbocycles. The predicted molar refractivity (Wildman–Crippen MR) is 148 cm³/mol. The summed E-state index contributed by atoms with van der Waals surface area (Å²) in [6.07, 6.45) is -15.0. The standard InChI is InChI=1S/C29H34O15/c1-38-13-5-3-12(4-6-13)15-11-40-16-8-18(17(39-2)7-14(16)21(15)32)41-29-26(37)27(23(34)20(10-31)43-29)44-28-25(36)24(35)22(33)19(9-30)42-28/h3-8,11,19-20,22-31,33-37H,9-10H2,1-2H3. The normalized spacial score (nSPS) is 32.4. The van der Waals surface area contributed by atoms with Gasteiger partial charge in [-0.05, 0) is 23.8 Å². The van der Waals surface area contributed by atoms with Gasteiger partial charge in [-0.2, -0.15) is 0 Å². The van der Waals surface area contributed by atoms with Crippen LogP contribution >= 0.6 is 0 Å². The van der Waals surface area contributed by atoms with Crippen LogP contribution in [0.25, 0.3) is 22.1 Å². The number of aliphatic hydroxyl groups excluding tert-OH is 7. The van der Waals surface area contributed by atoms with Gasteiger partial charge in [-0.1, -0.05) is 12.1 Å². The van der Waals surface area contributed by atoms with Gasteiger partial charge >= 0.3 is 0 Å². The smallest absolute Gasteiger partial charge is 0.229 e. The van der Waals surface area contributed by atoms with Crippen molar-refractivity contribution in [2.45, 2.75) is 61.4 Å². The maximum atomic E-state index is 13.4. The van der Waals surface area contributed by atoms with E-state index in [4.69, 9.17) is 32.8 Å². The molecule has 15 heteroatoms. The molecule has 10 unspecified atom stereocenters. The van der Waals surface area contributed by atoms with Crippen LogP contribution in [0.1, 0.15) is 0 Å². The van der Waals surface area contributed by atoms with Crippen molar-refractivity contribution in [3.05, 3.63) is 52.9 Å². The molecule has 5 rings (SSSR count). The number of hydrogen-bond donors (Lipinski definition) is 7. The molecule has 0 radical (unpaired) electrons. The molecule has 2 saturated heterocycles. The molecule has 0 amide bonds. The average molecular weight is 623 g/mol. The van der Waals surface area contributed by atoms with E-state index >= 15 is 0 Å². The first-order valence-electron chi connectivity index (χ1n) is 13.6. The summed E-state index contributed by atoms with van der Waals surface area (Å²) in [5, 5.41) is 71.9. The Hall–Kier alpha value is -3.35. The van der Waals surface area contributed by atoms with E-state index in [0.29, 0.717) is 11.3 Å². The topological polar surface area (TPSA) is 227 Å². The highest BCUT2D eigenvalue weighted by atomic mass is 16.7. The zero-order valence-electron chi connectivity index (χ0n) is 23.6. The van der Waals surface area contributed by atoms with E-state index in [1.807, 2.05) is 0 Å². The summed E-state index contributed by atoms with van der Waals surface area (Å²) in [4.78, 5) is 13.4. The molecule has 10 atom stereocenters. The Labute approximate surface area is 249 Å². The molecule has 3 aromatic rings. The largest absolute Gasteiger partial charge is 0.497 e. The monoisotopic (exact) mass is 622 g/mol. The van der Waals surface area contributed by atoms with Crippen molar-refractivity contribution in [3.63, 3.8) is 0 Å². The van der Waals surface area contributed by atoms with E-state index in [2.05, 4.69) is 0 Å². The van der Waals surface area contributed by atoms with Gasteiger partial charge in [0.05, 0.1) is 38.4 Å². The zero-order valence-corrected chi connectivity index (χ0v) is 23.6. The van der Waals surface area contributed by atoms with Gasteiger partial charge in [-0.25, -0.2) is 0 Å². The zero-order chi connectivity index (χ0) is 31.7. The van der Waals surface area contributed by atoms with Gasteiger partial charge < -0.3 is 68.6 Å². The lowest BCUT2D eigenvalue weighted by Gasteiger charge is -2.45. The van der Waals surface area contributed by atoms with E-state index in [0.717, 1.165) is 0 Å². The molecule has 15 nitrogen and oxygen atoms in total. The van der Waals surface area contributed by atoms with E-state index in [1.54, 1.807) is 24.3 Å². The lowest BCUT2D eigenvalue weighted by molar-refractivity contribution is -0.352. The molecular weight excluding hydrogens is 588 g/mol. The molecule has 0 spiro atoms. The minimum atomic E-state index is -1.83. The average Bonchev–Trinajstić information content (AvgIpc) is 3.04. The molecular formula is C29H34O15. The van der Waals surface area contributed by atoms with Gasteiger partial charge in [-0.15, -0.1) is 0 Å². The minimum Gasteiger partial charge on any atom is -0.497 e. The molecule has 3 heterocycles. The highest BCUT2D eigenvalue weighted by Crippen LogP contribution is 2.36. The van der Waals surface area contributed by atoms with E-state index in [-0.39, 0.29) is 33.5 Å². The van der Waals surface area contributed by atoms with Crippen LogP contribution in [0, 0.1) is 0 Å². The molecule has 44 heavy (non-hydrogen) atoms. The Balaban J connectivity index is 1.42. The molecule has 0 aliphatic carbocycles. The van der Waals surface area contributed by atoms with Crippen molar-refractivity contribution in [3.8, 4) is 28.4 Å². The van der Waals surface area contributed by atoms with Crippen molar-refractivity contribution < 1.29 is 68.6 Å². The summed E-state index contributed by atoms with van der Waals surface area (Å²) in [6, 6.07) is 9.56. The Morgan fingerprint density at radius 3 is 2.05 bits per heavy atom. The van der Waals surface area contributed by atoms with Crippen LogP contribution < -0.4 is 19.6 Å². The predicted octanol–water partition coefficient (Wildman–Crippen LogP) is -1.52. The first kappa shape index (κ1) is 32.1. The second-order valence-corrected chi connectivity index (χ2v) is 10.3. The fourth-order valence-corrected chi connectivity index (χ4v) is 5.13. The maximum Gasteiger partial charge on any atom is 0.229 e. The van der Waals surface area contributed by atoms with E-state index < -0.39 is 74.6 Å². The Bertz CT molecular complexity index is 1470. The summed E-state index contributed by atoms with van der Waals surface area (Å²) < 4.78 is 38.7. The fraction of sp³-hybridized carbons (Fsp3) is 0.483. The van der Waals surface area contributed by atoms with Crippen molar-refractivity contribution in [1.82, 2.24) is 0 Å². The van der Waals surface area contributed by atoms with Crippen molar-refractivity contribution in [2.24, 2.45) is 0 Å². The van der Waals surface area contributed by atoms with Crippen LogP contribution in [0.2, 0.25) is 0 Å². The van der Waals surface area contributed by atoms with Crippen LogP contribution in [0.3, 0.4) is 0 Å². The van der Waals surface area contributed by atoms with Gasteiger partial charge in [0, 0.05) is 6.07 Å². The fourth-order valence-electron chi connectivity index (χ4n) is 5.13. The third-order valence-corrected chi connectivity index (χ3v) is 7.66. The SMILES string of the molecule is COc1ccc(-c2coc3cc(OC4OC(CO)C(O)C(OC5OC(CO)C(O)C(O)C5O)C4O)c(OC)cc3c2=O)cc1. The molecule has 240 valence electrons. The van der Waals surface area contributed by atoms with Crippen LogP contribution in [0.5, 0.6) is 17.2 Å². The van der Waals surface area contributed by atoms with Crippen molar-refractivity contribution in [1.29, 1.82) is 0 Å². The summed E-state index contributed by atoms with van der Waals surface area (Å²) in [7, 11) is 2.86. The summed E-state index contributed by atoms with van der Waals surface area (Å²) in [5.41, 5.74) is 0.640. The van der Waals surface area contributed by atoms with Crippen LogP contribution in [-0.4, -0.2) is 125 Å². The number of rotatable bonds is 9. The Morgan fingerprint density at radius 2 is 1.41 bits per heavy atom. The van der Waals surface area contributed by atoms with E-state index in [1.165, 1.54) is 32.6 Å². The van der Waals surface area contributed by atoms with Crippen molar-refractivity contribution in [2.75, 3.05) is 27.4 Å². The van der Waals surface area contributed by atoms with Gasteiger partial charge in [0.15, 0.2) is 17.8 Å². The quantitative estimate of drug-likeness (QED) is 0.144. The number of ether oxygens (including phenoxy) is 6. The molecule has 2 fully saturated rings. The molecule has 2 aromatic carbocycles. The number of hydrogen-bond acceptors (Lipinski definition) is 15. The highest BCUT2D eigenvalue weighted by Gasteiger charge is 2.51. The lowest BCUT2D eigenvalue weighted by atomic mass is 9.97. The van der Waals surface area contributed by atoms with Gasteiger partial charge in [0.2, 0.25) is 11.7 Å². The number of fused-ring (bicyclic) bond motifs is 1. The molecule has 0 bridgehead atoms. The highest BCUT2D eigenvalue weighted by molar-refractivity contribution is 5.84. The maximum absolute atomic E-state index is 13.4. The lowest BCUT2D eigenvalue weighted by Crippen LogP contribution is -2.65. The second kappa shape index (κ2) is 13.3.